The molecular weight excluding hydrogens is 406 g/mol. The summed E-state index contributed by atoms with van der Waals surface area (Å²) in [5.41, 5.74) is 10.6. The average molecular weight is 434 g/mol. The smallest absolute Gasteiger partial charge is 0.257 e. The molecule has 1 atom stereocenters. The van der Waals surface area contributed by atoms with Gasteiger partial charge in [-0.1, -0.05) is 11.2 Å². The van der Waals surface area contributed by atoms with E-state index in [1.54, 1.807) is 12.1 Å². The molecule has 1 aromatic heterocycles. The highest BCUT2D eigenvalue weighted by Crippen LogP contribution is 2.32. The van der Waals surface area contributed by atoms with Crippen LogP contribution in [0.25, 0.3) is 11.5 Å². The molecule has 0 radical (unpaired) electrons. The molecule has 1 saturated heterocycles. The molecule has 0 saturated carbocycles. The normalized spacial score (nSPS) is 19.0. The maximum absolute atomic E-state index is 11.3. The van der Waals surface area contributed by atoms with E-state index in [9.17, 15) is 4.79 Å². The van der Waals surface area contributed by atoms with Crippen molar-refractivity contribution < 1.29 is 14.1 Å². The van der Waals surface area contributed by atoms with E-state index in [1.807, 2.05) is 18.2 Å². The molecule has 1 amide bonds. The van der Waals surface area contributed by atoms with Gasteiger partial charge >= 0.3 is 0 Å². The zero-order valence-electron chi connectivity index (χ0n) is 17.9. The van der Waals surface area contributed by atoms with E-state index in [4.69, 9.17) is 15.0 Å². The topological polar surface area (TPSA) is 97.7 Å². The minimum absolute atomic E-state index is 0.120. The van der Waals surface area contributed by atoms with Gasteiger partial charge in [-0.15, -0.1) is 0 Å². The highest BCUT2D eigenvalue weighted by Gasteiger charge is 2.24. The fraction of sp³-hybridized carbons (Fsp3) is 0.375. The van der Waals surface area contributed by atoms with Crippen molar-refractivity contribution in [2.45, 2.75) is 18.9 Å². The van der Waals surface area contributed by atoms with Gasteiger partial charge in [0.25, 0.3) is 5.89 Å². The van der Waals surface area contributed by atoms with E-state index in [0.717, 1.165) is 63.4 Å². The van der Waals surface area contributed by atoms with Gasteiger partial charge in [0.05, 0.1) is 12.7 Å². The number of ether oxygens (including phenoxy) is 1. The summed E-state index contributed by atoms with van der Waals surface area (Å²) in [6.45, 7) is 5.68. The second kappa shape index (κ2) is 9.10. The molecule has 2 aliphatic rings. The second-order valence-corrected chi connectivity index (χ2v) is 8.30. The van der Waals surface area contributed by atoms with Crippen LogP contribution in [0.2, 0.25) is 0 Å². The van der Waals surface area contributed by atoms with Crippen LogP contribution in [-0.4, -0.2) is 60.3 Å². The molecule has 3 heterocycles. The fourth-order valence-electron chi connectivity index (χ4n) is 4.58. The van der Waals surface area contributed by atoms with Gasteiger partial charge in [-0.2, -0.15) is 4.98 Å². The predicted molar refractivity (Wildman–Crippen MR) is 120 cm³/mol. The number of carbonyl (C=O) groups is 1. The van der Waals surface area contributed by atoms with Crippen molar-refractivity contribution in [3.63, 3.8) is 0 Å². The summed E-state index contributed by atoms with van der Waals surface area (Å²) in [5.74, 6) is 0.164. The average Bonchev–Trinajstić information content (AvgIpc) is 3.38. The van der Waals surface area contributed by atoms with Gasteiger partial charge in [0.2, 0.25) is 5.91 Å². The number of aromatic nitrogens is 2. The number of amides is 1. The highest BCUT2D eigenvalue weighted by atomic mass is 16.5. The number of nitrogens with two attached hydrogens (primary N) is 1. The SMILES string of the molecule is NC(=O)c1ccc(N2CCN(CC[C@@H]3OCCc4cc(-c5ncno5)ccc43)CC2)cc1. The van der Waals surface area contributed by atoms with Crippen LogP contribution in [0.15, 0.2) is 53.3 Å². The Morgan fingerprint density at radius 3 is 2.62 bits per heavy atom. The van der Waals surface area contributed by atoms with E-state index in [2.05, 4.69) is 32.1 Å². The molecule has 166 valence electrons. The van der Waals surface area contributed by atoms with E-state index >= 15 is 0 Å². The zero-order valence-corrected chi connectivity index (χ0v) is 17.9. The predicted octanol–water partition coefficient (Wildman–Crippen LogP) is 2.66. The lowest BCUT2D eigenvalue weighted by Gasteiger charge is -2.37. The van der Waals surface area contributed by atoms with E-state index in [0.29, 0.717) is 11.5 Å². The lowest BCUT2D eigenvalue weighted by Crippen LogP contribution is -2.47. The first-order valence-corrected chi connectivity index (χ1v) is 11.1. The summed E-state index contributed by atoms with van der Waals surface area (Å²) in [5, 5.41) is 3.70. The standard InChI is InChI=1S/C24H27N5O3/c25-23(30)17-1-4-20(5-2-17)29-12-10-28(11-13-29)9-7-22-21-6-3-19(24-26-16-27-32-24)15-18(21)8-14-31-22/h1-6,15-16,22H,7-14H2,(H2,25,30)/t22-/m0/s1. The van der Waals surface area contributed by atoms with Crippen LogP contribution in [-0.2, 0) is 11.2 Å². The van der Waals surface area contributed by atoms with Gasteiger partial charge in [-0.3, -0.25) is 9.69 Å². The third kappa shape index (κ3) is 4.37. The Morgan fingerprint density at radius 2 is 1.91 bits per heavy atom. The van der Waals surface area contributed by atoms with Crippen LogP contribution < -0.4 is 10.6 Å². The van der Waals surface area contributed by atoms with Crippen molar-refractivity contribution >= 4 is 11.6 Å². The summed E-state index contributed by atoms with van der Waals surface area (Å²) in [7, 11) is 0. The molecule has 5 rings (SSSR count). The van der Waals surface area contributed by atoms with Gasteiger partial charge < -0.3 is 19.9 Å². The highest BCUT2D eigenvalue weighted by molar-refractivity contribution is 5.93. The molecule has 0 unspecified atom stereocenters. The van der Waals surface area contributed by atoms with Crippen LogP contribution in [0, 0.1) is 0 Å². The lowest BCUT2D eigenvalue weighted by atomic mass is 9.93. The van der Waals surface area contributed by atoms with Crippen molar-refractivity contribution in [3.05, 3.63) is 65.5 Å². The van der Waals surface area contributed by atoms with Crippen molar-refractivity contribution in [2.24, 2.45) is 5.73 Å². The molecule has 8 heteroatoms. The third-order valence-corrected chi connectivity index (χ3v) is 6.39. The Labute approximate surface area is 187 Å². The number of carbonyl (C=O) groups excluding carboxylic acids is 1. The maximum Gasteiger partial charge on any atom is 0.257 e. The van der Waals surface area contributed by atoms with Crippen molar-refractivity contribution in [2.75, 3.05) is 44.2 Å². The fourth-order valence-corrected chi connectivity index (χ4v) is 4.58. The second-order valence-electron chi connectivity index (χ2n) is 8.30. The van der Waals surface area contributed by atoms with Crippen LogP contribution in [0.3, 0.4) is 0 Å². The van der Waals surface area contributed by atoms with Crippen molar-refractivity contribution in [1.29, 1.82) is 0 Å². The number of hydrogen-bond donors (Lipinski definition) is 1. The third-order valence-electron chi connectivity index (χ3n) is 6.39. The van der Waals surface area contributed by atoms with Gasteiger partial charge in [-0.25, -0.2) is 0 Å². The Bertz CT molecular complexity index is 1060. The first-order chi connectivity index (χ1) is 15.7. The number of nitrogens with zero attached hydrogens (tertiary/aromatic N) is 4. The van der Waals surface area contributed by atoms with Crippen LogP contribution in [0.5, 0.6) is 0 Å². The molecule has 2 N–H and O–H groups in total. The summed E-state index contributed by atoms with van der Waals surface area (Å²) in [6.07, 6.45) is 3.42. The molecule has 32 heavy (non-hydrogen) atoms. The van der Waals surface area contributed by atoms with E-state index < -0.39 is 5.91 Å². The molecule has 2 aromatic carbocycles. The largest absolute Gasteiger partial charge is 0.373 e. The lowest BCUT2D eigenvalue weighted by molar-refractivity contribution is 0.0289. The van der Waals surface area contributed by atoms with Crippen LogP contribution in [0.1, 0.15) is 34.0 Å². The summed E-state index contributed by atoms with van der Waals surface area (Å²) in [6, 6.07) is 13.9. The molecule has 3 aromatic rings. The summed E-state index contributed by atoms with van der Waals surface area (Å²) in [4.78, 5) is 20.3. The Morgan fingerprint density at radius 1 is 1.09 bits per heavy atom. The van der Waals surface area contributed by atoms with Crippen LogP contribution >= 0.6 is 0 Å². The number of piperazine rings is 1. The molecule has 0 aliphatic carbocycles. The van der Waals surface area contributed by atoms with Crippen molar-refractivity contribution in [1.82, 2.24) is 15.0 Å². The zero-order chi connectivity index (χ0) is 21.9. The molecular formula is C24H27N5O3. The first-order valence-electron chi connectivity index (χ1n) is 11.1. The quantitative estimate of drug-likeness (QED) is 0.638. The van der Waals surface area contributed by atoms with Crippen LogP contribution in [0.4, 0.5) is 5.69 Å². The van der Waals surface area contributed by atoms with Gasteiger partial charge in [-0.05, 0) is 60.4 Å². The first kappa shape index (κ1) is 20.7. The number of primary amides is 1. The summed E-state index contributed by atoms with van der Waals surface area (Å²) < 4.78 is 11.3. The molecule has 2 aliphatic heterocycles. The number of fused-ring (bicyclic) bond motifs is 1. The summed E-state index contributed by atoms with van der Waals surface area (Å²) >= 11 is 0. The Hall–Kier alpha value is -3.23. The molecule has 0 spiro atoms. The van der Waals surface area contributed by atoms with Gasteiger partial charge in [0.1, 0.15) is 0 Å². The minimum atomic E-state index is -0.390. The van der Waals surface area contributed by atoms with Gasteiger partial charge in [0.15, 0.2) is 6.33 Å². The maximum atomic E-state index is 11.3. The number of anilines is 1. The number of benzene rings is 2. The number of hydrogen-bond acceptors (Lipinski definition) is 7. The van der Waals surface area contributed by atoms with Gasteiger partial charge in [0, 0.05) is 49.5 Å². The van der Waals surface area contributed by atoms with E-state index in [1.165, 1.54) is 17.5 Å². The van der Waals surface area contributed by atoms with E-state index in [-0.39, 0.29) is 6.10 Å². The monoisotopic (exact) mass is 433 g/mol. The Kier molecular flexibility index (Phi) is 5.87. The Balaban J connectivity index is 1.16. The molecule has 0 bridgehead atoms. The van der Waals surface area contributed by atoms with Crippen molar-refractivity contribution in [3.8, 4) is 11.5 Å². The number of rotatable bonds is 6. The minimum Gasteiger partial charge on any atom is -0.373 e. The molecule has 1 fully saturated rings. The molecule has 8 nitrogen and oxygen atoms in total.